The van der Waals surface area contributed by atoms with Crippen LogP contribution in [0.2, 0.25) is 0 Å². The van der Waals surface area contributed by atoms with Crippen LogP contribution < -0.4 is 16.0 Å². The van der Waals surface area contributed by atoms with E-state index in [0.717, 1.165) is 37.1 Å². The smallest absolute Gasteiger partial charge is 0.244 e. The van der Waals surface area contributed by atoms with Crippen molar-refractivity contribution in [2.24, 2.45) is 5.73 Å². The van der Waals surface area contributed by atoms with Crippen LogP contribution in [0.4, 0.5) is 11.4 Å². The van der Waals surface area contributed by atoms with Crippen LogP contribution in [0.1, 0.15) is 31.2 Å². The van der Waals surface area contributed by atoms with E-state index in [1.54, 1.807) is 0 Å². The summed E-state index contributed by atoms with van der Waals surface area (Å²) in [5, 5.41) is 2.96. The van der Waals surface area contributed by atoms with Crippen LogP contribution in [0.5, 0.6) is 0 Å². The van der Waals surface area contributed by atoms with Gasteiger partial charge in [-0.1, -0.05) is 18.9 Å². The maximum absolute atomic E-state index is 12.3. The van der Waals surface area contributed by atoms with Crippen LogP contribution in [-0.4, -0.2) is 25.5 Å². The summed E-state index contributed by atoms with van der Waals surface area (Å²) >= 11 is 0. The summed E-state index contributed by atoms with van der Waals surface area (Å²) in [7, 11) is 3.99. The summed E-state index contributed by atoms with van der Waals surface area (Å²) in [6, 6.07) is 5.94. The molecule has 104 valence electrons. The first-order valence-electron chi connectivity index (χ1n) is 6.81. The Morgan fingerprint density at radius 1 is 1.32 bits per heavy atom. The second kappa shape index (κ2) is 5.21. The third-order valence-electron chi connectivity index (χ3n) is 3.90. The van der Waals surface area contributed by atoms with E-state index in [0.29, 0.717) is 0 Å². The number of anilines is 2. The van der Waals surface area contributed by atoms with Gasteiger partial charge in [-0.3, -0.25) is 4.79 Å². The summed E-state index contributed by atoms with van der Waals surface area (Å²) in [4.78, 5) is 14.3. The molecule has 0 saturated heterocycles. The summed E-state index contributed by atoms with van der Waals surface area (Å²) < 4.78 is 0. The van der Waals surface area contributed by atoms with Crippen molar-refractivity contribution in [2.45, 2.75) is 38.1 Å². The Morgan fingerprint density at radius 2 is 1.95 bits per heavy atom. The molecule has 0 heterocycles. The Labute approximate surface area is 115 Å². The van der Waals surface area contributed by atoms with E-state index in [1.165, 1.54) is 5.56 Å². The van der Waals surface area contributed by atoms with Crippen molar-refractivity contribution in [3.63, 3.8) is 0 Å². The molecule has 3 N–H and O–H groups in total. The molecule has 0 bridgehead atoms. The molecule has 1 aromatic rings. The third kappa shape index (κ3) is 2.89. The van der Waals surface area contributed by atoms with Crippen molar-refractivity contribution in [1.29, 1.82) is 0 Å². The van der Waals surface area contributed by atoms with E-state index in [-0.39, 0.29) is 5.91 Å². The number of aryl methyl sites for hydroxylation is 1. The van der Waals surface area contributed by atoms with Gasteiger partial charge in [-0.05, 0) is 37.5 Å². The monoisotopic (exact) mass is 261 g/mol. The van der Waals surface area contributed by atoms with Gasteiger partial charge in [0.1, 0.15) is 0 Å². The van der Waals surface area contributed by atoms with E-state index in [4.69, 9.17) is 5.73 Å². The van der Waals surface area contributed by atoms with Crippen molar-refractivity contribution in [3.8, 4) is 0 Å². The van der Waals surface area contributed by atoms with E-state index >= 15 is 0 Å². The molecular formula is C15H23N3O. The highest BCUT2D eigenvalue weighted by Gasteiger charge is 2.36. The molecule has 4 heteroatoms. The van der Waals surface area contributed by atoms with Gasteiger partial charge in [0.05, 0.1) is 5.54 Å². The van der Waals surface area contributed by atoms with Crippen LogP contribution in [0.3, 0.4) is 0 Å². The highest BCUT2D eigenvalue weighted by atomic mass is 16.2. The van der Waals surface area contributed by atoms with Gasteiger partial charge in [-0.15, -0.1) is 0 Å². The number of nitrogens with one attached hydrogen (secondary N) is 1. The Hall–Kier alpha value is -1.55. The lowest BCUT2D eigenvalue weighted by Crippen LogP contribution is -2.48. The lowest BCUT2D eigenvalue weighted by Gasteiger charge is -2.23. The zero-order valence-corrected chi connectivity index (χ0v) is 12.0. The van der Waals surface area contributed by atoms with Gasteiger partial charge in [-0.2, -0.15) is 0 Å². The zero-order chi connectivity index (χ0) is 14.0. The summed E-state index contributed by atoms with van der Waals surface area (Å²) in [6.45, 7) is 2.06. The van der Waals surface area contributed by atoms with Gasteiger partial charge < -0.3 is 16.0 Å². The zero-order valence-electron chi connectivity index (χ0n) is 12.0. The van der Waals surface area contributed by atoms with Crippen LogP contribution in [0.25, 0.3) is 0 Å². The molecule has 0 aliphatic heterocycles. The van der Waals surface area contributed by atoms with Crippen LogP contribution in [-0.2, 0) is 4.79 Å². The normalized spacial score (nSPS) is 17.3. The van der Waals surface area contributed by atoms with Gasteiger partial charge >= 0.3 is 0 Å². The fourth-order valence-corrected chi connectivity index (χ4v) is 2.66. The fourth-order valence-electron chi connectivity index (χ4n) is 2.66. The molecule has 0 aromatic heterocycles. The number of carbonyl (C=O) groups excluding carboxylic acids is 1. The minimum absolute atomic E-state index is 0.0569. The minimum Gasteiger partial charge on any atom is -0.377 e. The lowest BCUT2D eigenvalue weighted by atomic mass is 9.98. The van der Waals surface area contributed by atoms with Crippen molar-refractivity contribution >= 4 is 17.3 Å². The molecule has 1 fully saturated rings. The summed E-state index contributed by atoms with van der Waals surface area (Å²) in [5.41, 5.74) is 8.59. The molecule has 2 rings (SSSR count). The average molecular weight is 261 g/mol. The minimum atomic E-state index is -0.677. The van der Waals surface area contributed by atoms with Gasteiger partial charge in [0.2, 0.25) is 5.91 Å². The molecular weight excluding hydrogens is 238 g/mol. The van der Waals surface area contributed by atoms with Crippen molar-refractivity contribution in [1.82, 2.24) is 0 Å². The van der Waals surface area contributed by atoms with Gasteiger partial charge in [-0.25, -0.2) is 0 Å². The number of rotatable bonds is 3. The highest BCUT2D eigenvalue weighted by Crippen LogP contribution is 2.29. The molecule has 4 nitrogen and oxygen atoms in total. The Morgan fingerprint density at radius 3 is 2.53 bits per heavy atom. The Balaban J connectivity index is 2.15. The predicted octanol–water partition coefficient (Wildman–Crippen LogP) is 2.27. The lowest BCUT2D eigenvalue weighted by molar-refractivity contribution is -0.121. The van der Waals surface area contributed by atoms with Gasteiger partial charge in [0.15, 0.2) is 0 Å². The number of carbonyl (C=O) groups is 1. The maximum Gasteiger partial charge on any atom is 0.244 e. The Kier molecular flexibility index (Phi) is 3.80. The first kappa shape index (κ1) is 13.9. The number of hydrogen-bond acceptors (Lipinski definition) is 3. The van der Waals surface area contributed by atoms with E-state index in [2.05, 4.69) is 12.2 Å². The molecule has 1 amide bonds. The van der Waals surface area contributed by atoms with Crippen molar-refractivity contribution < 1.29 is 4.79 Å². The Bertz CT molecular complexity index is 476. The van der Waals surface area contributed by atoms with Crippen LogP contribution in [0.15, 0.2) is 18.2 Å². The standard InChI is InChI=1S/C15H23N3O/c1-11-6-7-12(10-13(11)18(2)3)17-14(19)15(16)8-4-5-9-15/h6-7,10H,4-5,8-9,16H2,1-3H3,(H,17,19). The van der Waals surface area contributed by atoms with Crippen molar-refractivity contribution in [2.75, 3.05) is 24.3 Å². The maximum atomic E-state index is 12.3. The van der Waals surface area contributed by atoms with Crippen molar-refractivity contribution in [3.05, 3.63) is 23.8 Å². The number of amides is 1. The fraction of sp³-hybridized carbons (Fsp3) is 0.533. The number of nitrogens with zero attached hydrogens (tertiary/aromatic N) is 1. The largest absolute Gasteiger partial charge is 0.377 e. The molecule has 1 aromatic carbocycles. The van der Waals surface area contributed by atoms with E-state index < -0.39 is 5.54 Å². The molecule has 0 radical (unpaired) electrons. The summed E-state index contributed by atoms with van der Waals surface area (Å²) in [6.07, 6.45) is 3.65. The first-order valence-corrected chi connectivity index (χ1v) is 6.81. The SMILES string of the molecule is Cc1ccc(NC(=O)C2(N)CCCC2)cc1N(C)C. The first-order chi connectivity index (χ1) is 8.92. The quantitative estimate of drug-likeness (QED) is 0.877. The van der Waals surface area contributed by atoms with E-state index in [1.807, 2.05) is 37.2 Å². The molecule has 0 atom stereocenters. The van der Waals surface area contributed by atoms with E-state index in [9.17, 15) is 4.79 Å². The highest BCUT2D eigenvalue weighted by molar-refractivity contribution is 5.98. The third-order valence-corrected chi connectivity index (χ3v) is 3.90. The second-order valence-corrected chi connectivity index (χ2v) is 5.71. The molecule has 1 aliphatic rings. The topological polar surface area (TPSA) is 58.4 Å². The van der Waals surface area contributed by atoms with Crippen LogP contribution >= 0.6 is 0 Å². The molecule has 0 unspecified atom stereocenters. The second-order valence-electron chi connectivity index (χ2n) is 5.71. The summed E-state index contributed by atoms with van der Waals surface area (Å²) in [5.74, 6) is -0.0569. The molecule has 0 spiro atoms. The van der Waals surface area contributed by atoms with Gasteiger partial charge in [0.25, 0.3) is 0 Å². The molecule has 19 heavy (non-hydrogen) atoms. The number of hydrogen-bond donors (Lipinski definition) is 2. The number of benzene rings is 1. The van der Waals surface area contributed by atoms with Gasteiger partial charge in [0, 0.05) is 25.5 Å². The predicted molar refractivity (Wildman–Crippen MR) is 79.5 cm³/mol. The average Bonchev–Trinajstić information content (AvgIpc) is 2.79. The van der Waals surface area contributed by atoms with Crippen LogP contribution in [0, 0.1) is 6.92 Å². The molecule has 1 saturated carbocycles. The number of nitrogens with two attached hydrogens (primary N) is 1. The molecule has 1 aliphatic carbocycles.